The number of nitrogens with two attached hydrogens (primary N) is 1. The molecular weight excluding hydrogens is 248 g/mol. The van der Waals surface area contributed by atoms with Crippen LogP contribution in [0.5, 0.6) is 0 Å². The molecule has 2 rings (SSSR count). The van der Waals surface area contributed by atoms with Crippen LogP contribution in [0.3, 0.4) is 0 Å². The Labute approximate surface area is 111 Å². The summed E-state index contributed by atoms with van der Waals surface area (Å²) >= 11 is 1.44. The minimum atomic E-state index is -0.503. The second-order valence-corrected chi connectivity index (χ2v) is 5.88. The summed E-state index contributed by atoms with van der Waals surface area (Å²) in [4.78, 5) is 19.8. The van der Waals surface area contributed by atoms with Gasteiger partial charge < -0.3 is 11.1 Å². The molecule has 3 N–H and O–H groups in total. The zero-order valence-corrected chi connectivity index (χ0v) is 11.7. The SMILES string of the molecule is CSc1ncc(C(N)=O)c(NC(C)(C)C2CC2)n1. The third-order valence-corrected chi connectivity index (χ3v) is 3.82. The van der Waals surface area contributed by atoms with Crippen LogP contribution in [0.2, 0.25) is 0 Å². The molecule has 6 heteroatoms. The highest BCUT2D eigenvalue weighted by Crippen LogP contribution is 2.41. The number of nitrogens with zero attached hydrogens (tertiary/aromatic N) is 2. The van der Waals surface area contributed by atoms with Crippen molar-refractivity contribution >= 4 is 23.5 Å². The van der Waals surface area contributed by atoms with Crippen molar-refractivity contribution in [3.8, 4) is 0 Å². The highest BCUT2D eigenvalue weighted by molar-refractivity contribution is 7.98. The number of thioether (sulfide) groups is 1. The normalized spacial score (nSPS) is 15.5. The third kappa shape index (κ3) is 2.75. The maximum absolute atomic E-state index is 11.4. The molecule has 0 saturated heterocycles. The second-order valence-electron chi connectivity index (χ2n) is 5.10. The molecule has 0 aliphatic heterocycles. The zero-order valence-electron chi connectivity index (χ0n) is 10.9. The van der Waals surface area contributed by atoms with Crippen molar-refractivity contribution in [2.24, 2.45) is 11.7 Å². The van der Waals surface area contributed by atoms with Gasteiger partial charge >= 0.3 is 0 Å². The maximum Gasteiger partial charge on any atom is 0.254 e. The number of hydrogen-bond donors (Lipinski definition) is 2. The van der Waals surface area contributed by atoms with Crippen LogP contribution in [-0.4, -0.2) is 27.7 Å². The summed E-state index contributed by atoms with van der Waals surface area (Å²) in [6.45, 7) is 4.24. The highest BCUT2D eigenvalue weighted by atomic mass is 32.2. The summed E-state index contributed by atoms with van der Waals surface area (Å²) in [7, 11) is 0. The minimum Gasteiger partial charge on any atom is -0.365 e. The summed E-state index contributed by atoms with van der Waals surface area (Å²) in [5, 5.41) is 3.97. The minimum absolute atomic E-state index is 0.0752. The number of aromatic nitrogens is 2. The van der Waals surface area contributed by atoms with E-state index in [1.54, 1.807) is 0 Å². The molecule has 98 valence electrons. The number of nitrogens with one attached hydrogen (secondary N) is 1. The van der Waals surface area contributed by atoms with E-state index in [0.29, 0.717) is 22.5 Å². The number of amides is 1. The summed E-state index contributed by atoms with van der Waals surface area (Å²) in [6.07, 6.45) is 5.82. The molecule has 0 spiro atoms. The van der Waals surface area contributed by atoms with Gasteiger partial charge in [-0.1, -0.05) is 11.8 Å². The first-order chi connectivity index (χ1) is 8.44. The van der Waals surface area contributed by atoms with Gasteiger partial charge in [-0.15, -0.1) is 0 Å². The molecule has 1 heterocycles. The molecule has 18 heavy (non-hydrogen) atoms. The molecule has 1 aliphatic carbocycles. The Kier molecular flexibility index (Phi) is 3.47. The Bertz CT molecular complexity index is 471. The van der Waals surface area contributed by atoms with Crippen LogP contribution in [-0.2, 0) is 0 Å². The fraction of sp³-hybridized carbons (Fsp3) is 0.583. The molecule has 0 bridgehead atoms. The molecule has 0 atom stereocenters. The topological polar surface area (TPSA) is 80.9 Å². The van der Waals surface area contributed by atoms with E-state index in [4.69, 9.17) is 5.73 Å². The van der Waals surface area contributed by atoms with Crippen molar-refractivity contribution in [3.05, 3.63) is 11.8 Å². The lowest BCUT2D eigenvalue weighted by Gasteiger charge is -2.27. The van der Waals surface area contributed by atoms with E-state index in [1.807, 2.05) is 6.26 Å². The van der Waals surface area contributed by atoms with Gasteiger partial charge in [0.05, 0.1) is 5.56 Å². The van der Waals surface area contributed by atoms with Gasteiger partial charge in [0.2, 0.25) is 0 Å². The van der Waals surface area contributed by atoms with Crippen LogP contribution in [0.25, 0.3) is 0 Å². The molecule has 1 saturated carbocycles. The first-order valence-electron chi connectivity index (χ1n) is 5.93. The lowest BCUT2D eigenvalue weighted by atomic mass is 9.98. The van der Waals surface area contributed by atoms with Gasteiger partial charge in [-0.25, -0.2) is 9.97 Å². The summed E-state index contributed by atoms with van der Waals surface area (Å²) in [5.74, 6) is 0.668. The molecule has 5 nitrogen and oxygen atoms in total. The van der Waals surface area contributed by atoms with Crippen LogP contribution in [0, 0.1) is 5.92 Å². The Morgan fingerprint density at radius 2 is 2.22 bits per heavy atom. The number of hydrogen-bond acceptors (Lipinski definition) is 5. The molecule has 1 aromatic heterocycles. The molecule has 1 fully saturated rings. The van der Waals surface area contributed by atoms with E-state index in [2.05, 4.69) is 29.1 Å². The zero-order chi connectivity index (χ0) is 13.3. The van der Waals surface area contributed by atoms with Crippen LogP contribution >= 0.6 is 11.8 Å². The van der Waals surface area contributed by atoms with Crippen LogP contribution in [0.1, 0.15) is 37.0 Å². The summed E-state index contributed by atoms with van der Waals surface area (Å²) < 4.78 is 0. The number of anilines is 1. The van der Waals surface area contributed by atoms with E-state index >= 15 is 0 Å². The number of carbonyl (C=O) groups is 1. The van der Waals surface area contributed by atoms with E-state index in [1.165, 1.54) is 30.8 Å². The standard InChI is InChI=1S/C12H18N4OS/c1-12(2,7-4-5-7)16-10-8(9(13)17)6-14-11(15-10)18-3/h6-7H,4-5H2,1-3H3,(H2,13,17)(H,14,15,16). The molecule has 1 aromatic rings. The Morgan fingerprint density at radius 1 is 1.56 bits per heavy atom. The highest BCUT2D eigenvalue weighted by Gasteiger charge is 2.38. The largest absolute Gasteiger partial charge is 0.365 e. The lowest BCUT2D eigenvalue weighted by molar-refractivity contribution is 0.1000. The molecule has 1 aliphatic rings. The predicted molar refractivity (Wildman–Crippen MR) is 72.8 cm³/mol. The van der Waals surface area contributed by atoms with Gasteiger partial charge in [0.1, 0.15) is 5.82 Å². The van der Waals surface area contributed by atoms with E-state index < -0.39 is 5.91 Å². The average molecular weight is 266 g/mol. The van der Waals surface area contributed by atoms with Crippen molar-refractivity contribution in [1.29, 1.82) is 0 Å². The van der Waals surface area contributed by atoms with Crippen LogP contribution < -0.4 is 11.1 Å². The maximum atomic E-state index is 11.4. The van der Waals surface area contributed by atoms with Gasteiger partial charge in [-0.2, -0.15) is 0 Å². The van der Waals surface area contributed by atoms with Crippen molar-refractivity contribution < 1.29 is 4.79 Å². The molecular formula is C12H18N4OS. The molecule has 0 aromatic carbocycles. The molecule has 1 amide bonds. The van der Waals surface area contributed by atoms with E-state index in [9.17, 15) is 4.79 Å². The third-order valence-electron chi connectivity index (χ3n) is 3.25. The van der Waals surface area contributed by atoms with Crippen molar-refractivity contribution in [1.82, 2.24) is 9.97 Å². The Balaban J connectivity index is 2.31. The van der Waals surface area contributed by atoms with E-state index in [-0.39, 0.29) is 5.54 Å². The van der Waals surface area contributed by atoms with E-state index in [0.717, 1.165) is 0 Å². The van der Waals surface area contributed by atoms with Crippen molar-refractivity contribution in [2.75, 3.05) is 11.6 Å². The fourth-order valence-electron chi connectivity index (χ4n) is 1.95. The average Bonchev–Trinajstić information content (AvgIpc) is 3.11. The number of rotatable bonds is 5. The van der Waals surface area contributed by atoms with Gasteiger partial charge in [-0.3, -0.25) is 4.79 Å². The summed E-state index contributed by atoms with van der Waals surface area (Å²) in [5.41, 5.74) is 5.62. The quantitative estimate of drug-likeness (QED) is 0.628. The summed E-state index contributed by atoms with van der Waals surface area (Å²) in [6, 6.07) is 0. The predicted octanol–water partition coefficient (Wildman–Crippen LogP) is 1.90. The van der Waals surface area contributed by atoms with Crippen LogP contribution in [0.4, 0.5) is 5.82 Å². The monoisotopic (exact) mass is 266 g/mol. The van der Waals surface area contributed by atoms with Gasteiger partial charge in [-0.05, 0) is 38.9 Å². The Morgan fingerprint density at radius 3 is 2.72 bits per heavy atom. The second kappa shape index (κ2) is 4.76. The molecule has 0 radical (unpaired) electrons. The van der Waals surface area contributed by atoms with Crippen LogP contribution in [0.15, 0.2) is 11.4 Å². The Hall–Kier alpha value is -1.30. The van der Waals surface area contributed by atoms with Gasteiger partial charge in [0.25, 0.3) is 5.91 Å². The smallest absolute Gasteiger partial charge is 0.254 e. The van der Waals surface area contributed by atoms with Gasteiger partial charge in [0.15, 0.2) is 5.16 Å². The first kappa shape index (κ1) is 13.1. The van der Waals surface area contributed by atoms with Crippen molar-refractivity contribution in [3.63, 3.8) is 0 Å². The fourth-order valence-corrected chi connectivity index (χ4v) is 2.29. The van der Waals surface area contributed by atoms with Gasteiger partial charge in [0, 0.05) is 11.7 Å². The number of carbonyl (C=O) groups excluding carboxylic acids is 1. The first-order valence-corrected chi connectivity index (χ1v) is 7.15. The number of primary amides is 1. The molecule has 0 unspecified atom stereocenters. The lowest BCUT2D eigenvalue weighted by Crippen LogP contribution is -2.35. The van der Waals surface area contributed by atoms with Crippen molar-refractivity contribution in [2.45, 2.75) is 37.4 Å².